The third-order valence-corrected chi connectivity index (χ3v) is 5.95. The molecule has 29 heavy (non-hydrogen) atoms. The molecule has 2 N–H and O–H groups in total. The van der Waals surface area contributed by atoms with Crippen molar-refractivity contribution in [1.29, 1.82) is 0 Å². The second-order valence-corrected chi connectivity index (χ2v) is 8.61. The van der Waals surface area contributed by atoms with Gasteiger partial charge in [0.2, 0.25) is 5.91 Å². The van der Waals surface area contributed by atoms with E-state index in [1.54, 1.807) is 24.3 Å². The van der Waals surface area contributed by atoms with Crippen molar-refractivity contribution in [1.82, 2.24) is 10.6 Å². The van der Waals surface area contributed by atoms with Crippen molar-refractivity contribution in [3.63, 3.8) is 0 Å². The van der Waals surface area contributed by atoms with Crippen molar-refractivity contribution in [2.75, 3.05) is 6.61 Å². The highest BCUT2D eigenvalue weighted by molar-refractivity contribution is 8.24. The zero-order valence-corrected chi connectivity index (χ0v) is 16.8. The Labute approximate surface area is 176 Å². The Hall–Kier alpha value is -2.65. The van der Waals surface area contributed by atoms with Gasteiger partial charge in [-0.05, 0) is 42.2 Å². The molecule has 0 aromatic heterocycles. The van der Waals surface area contributed by atoms with Gasteiger partial charge in [-0.25, -0.2) is 9.18 Å². The monoisotopic (exact) mass is 432 g/mol. The van der Waals surface area contributed by atoms with Crippen LogP contribution in [0, 0.1) is 5.82 Å². The Morgan fingerprint density at radius 2 is 1.90 bits per heavy atom. The zero-order valence-electron chi connectivity index (χ0n) is 15.1. The first-order valence-corrected chi connectivity index (χ1v) is 10.2. The lowest BCUT2D eigenvalue weighted by atomic mass is 10.1. The summed E-state index contributed by atoms with van der Waals surface area (Å²) in [6.45, 7) is 0.357. The largest absolute Gasteiger partial charge is 0.457 e. The maximum Gasteiger partial charge on any atom is 0.407 e. The third kappa shape index (κ3) is 4.86. The van der Waals surface area contributed by atoms with E-state index in [0.29, 0.717) is 34.4 Å². The summed E-state index contributed by atoms with van der Waals surface area (Å²) in [6.07, 6.45) is 0.528. The molecule has 2 amide bonds. The SMILES string of the molecule is O=C1NC(Cc2ccc(Oc3ccc(CC4SC(=S)NC4=O)c(F)c3)cc2)CO1. The van der Waals surface area contributed by atoms with Crippen LogP contribution in [0.5, 0.6) is 11.5 Å². The quantitative estimate of drug-likeness (QED) is 0.682. The first-order chi connectivity index (χ1) is 14.0. The number of hydrogen-bond donors (Lipinski definition) is 2. The molecule has 2 aliphatic heterocycles. The van der Waals surface area contributed by atoms with Crippen LogP contribution < -0.4 is 15.4 Å². The smallest absolute Gasteiger partial charge is 0.407 e. The number of carbonyl (C=O) groups excluding carboxylic acids is 2. The number of ether oxygens (including phenoxy) is 2. The average molecular weight is 432 g/mol. The fraction of sp³-hybridized carbons (Fsp3) is 0.250. The number of benzene rings is 2. The fourth-order valence-electron chi connectivity index (χ4n) is 3.13. The van der Waals surface area contributed by atoms with E-state index in [1.165, 1.54) is 17.8 Å². The van der Waals surface area contributed by atoms with Crippen LogP contribution in [0.4, 0.5) is 9.18 Å². The highest BCUT2D eigenvalue weighted by Crippen LogP contribution is 2.28. The number of alkyl carbamates (subject to hydrolysis) is 1. The number of amides is 2. The zero-order chi connectivity index (χ0) is 20.4. The van der Waals surface area contributed by atoms with E-state index in [2.05, 4.69) is 10.6 Å². The summed E-state index contributed by atoms with van der Waals surface area (Å²) in [4.78, 5) is 22.8. The second kappa shape index (κ2) is 8.38. The van der Waals surface area contributed by atoms with Crippen molar-refractivity contribution in [2.24, 2.45) is 0 Å². The van der Waals surface area contributed by atoms with Crippen molar-refractivity contribution in [3.8, 4) is 11.5 Å². The van der Waals surface area contributed by atoms with Crippen LogP contribution in [0.1, 0.15) is 11.1 Å². The van der Waals surface area contributed by atoms with Gasteiger partial charge in [-0.3, -0.25) is 4.79 Å². The highest BCUT2D eigenvalue weighted by atomic mass is 32.2. The van der Waals surface area contributed by atoms with Crippen LogP contribution in [0.3, 0.4) is 0 Å². The minimum atomic E-state index is -0.428. The number of cyclic esters (lactones) is 1. The maximum absolute atomic E-state index is 14.5. The Morgan fingerprint density at radius 1 is 1.14 bits per heavy atom. The van der Waals surface area contributed by atoms with Crippen molar-refractivity contribution in [2.45, 2.75) is 24.1 Å². The fourth-order valence-corrected chi connectivity index (χ4v) is 4.43. The predicted molar refractivity (Wildman–Crippen MR) is 111 cm³/mol. The summed E-state index contributed by atoms with van der Waals surface area (Å²) in [7, 11) is 0. The summed E-state index contributed by atoms with van der Waals surface area (Å²) in [5.41, 5.74) is 1.46. The number of thioether (sulfide) groups is 1. The van der Waals surface area contributed by atoms with Crippen LogP contribution in [0.2, 0.25) is 0 Å². The van der Waals surface area contributed by atoms with Crippen molar-refractivity contribution in [3.05, 3.63) is 59.4 Å². The standard InChI is InChI=1S/C20H17FN2O4S2/c21-16-9-15(6-3-12(16)8-17-18(24)23-20(28)29-17)27-14-4-1-11(2-5-14)7-13-10-26-19(25)22-13/h1-6,9,13,17H,7-8,10H2,(H,22,25)(H,23,24,28). The number of carbonyl (C=O) groups is 2. The van der Waals surface area contributed by atoms with Gasteiger partial charge in [0.1, 0.15) is 28.2 Å². The molecule has 6 nitrogen and oxygen atoms in total. The van der Waals surface area contributed by atoms with Gasteiger partial charge in [0, 0.05) is 6.07 Å². The normalized spacial score (nSPS) is 20.9. The Kier molecular flexibility index (Phi) is 5.68. The molecule has 2 heterocycles. The average Bonchev–Trinajstić information content (AvgIpc) is 3.23. The van der Waals surface area contributed by atoms with Gasteiger partial charge in [-0.15, -0.1) is 0 Å². The van der Waals surface area contributed by atoms with E-state index in [1.807, 2.05) is 12.1 Å². The van der Waals surface area contributed by atoms with Gasteiger partial charge in [-0.2, -0.15) is 0 Å². The van der Waals surface area contributed by atoms with E-state index in [0.717, 1.165) is 5.56 Å². The molecule has 4 rings (SSSR count). The lowest BCUT2D eigenvalue weighted by Gasteiger charge is -2.11. The number of nitrogens with one attached hydrogen (secondary N) is 2. The first-order valence-electron chi connectivity index (χ1n) is 8.96. The lowest BCUT2D eigenvalue weighted by molar-refractivity contribution is -0.118. The number of halogens is 1. The summed E-state index contributed by atoms with van der Waals surface area (Å²) >= 11 is 6.20. The molecule has 2 aromatic carbocycles. The molecule has 2 aromatic rings. The molecule has 150 valence electrons. The highest BCUT2D eigenvalue weighted by Gasteiger charge is 2.29. The molecule has 0 radical (unpaired) electrons. The maximum atomic E-state index is 14.5. The van der Waals surface area contributed by atoms with Crippen molar-refractivity contribution < 1.29 is 23.5 Å². The van der Waals surface area contributed by atoms with Gasteiger partial charge in [-0.1, -0.05) is 42.2 Å². The number of hydrogen-bond acceptors (Lipinski definition) is 6. The van der Waals surface area contributed by atoms with E-state index >= 15 is 0 Å². The van der Waals surface area contributed by atoms with Gasteiger partial charge in [0.05, 0.1) is 11.3 Å². The minimum absolute atomic E-state index is 0.0367. The van der Waals surface area contributed by atoms with Crippen LogP contribution in [0.25, 0.3) is 0 Å². The summed E-state index contributed by atoms with van der Waals surface area (Å²) < 4.78 is 25.5. The van der Waals surface area contributed by atoms with E-state index in [4.69, 9.17) is 21.7 Å². The third-order valence-electron chi connectivity index (χ3n) is 4.58. The first kappa shape index (κ1) is 19.7. The molecule has 2 aliphatic rings. The lowest BCUT2D eigenvalue weighted by Crippen LogP contribution is -2.28. The predicted octanol–water partition coefficient (Wildman–Crippen LogP) is 3.33. The van der Waals surface area contributed by atoms with E-state index < -0.39 is 17.2 Å². The molecule has 0 aliphatic carbocycles. The van der Waals surface area contributed by atoms with E-state index in [9.17, 15) is 14.0 Å². The van der Waals surface area contributed by atoms with E-state index in [-0.39, 0.29) is 18.4 Å². The Bertz CT molecular complexity index is 967. The van der Waals surface area contributed by atoms with Crippen LogP contribution in [-0.2, 0) is 22.4 Å². The molecule has 0 bridgehead atoms. The summed E-state index contributed by atoms with van der Waals surface area (Å²) in [5.74, 6) is 0.323. The number of thiocarbonyl (C=S) groups is 1. The molecule has 0 spiro atoms. The van der Waals surface area contributed by atoms with Crippen LogP contribution in [0.15, 0.2) is 42.5 Å². The molecular formula is C20H17FN2O4S2. The number of rotatable bonds is 6. The Morgan fingerprint density at radius 3 is 2.52 bits per heavy atom. The minimum Gasteiger partial charge on any atom is -0.457 e. The summed E-state index contributed by atoms with van der Waals surface area (Å²) in [5, 5.41) is 4.88. The van der Waals surface area contributed by atoms with Gasteiger partial charge < -0.3 is 20.1 Å². The van der Waals surface area contributed by atoms with Crippen LogP contribution in [-0.4, -0.2) is 34.2 Å². The van der Waals surface area contributed by atoms with Crippen LogP contribution >= 0.6 is 24.0 Å². The molecule has 2 fully saturated rings. The van der Waals surface area contributed by atoms with Crippen molar-refractivity contribution >= 4 is 40.3 Å². The molecule has 9 heteroatoms. The molecule has 2 saturated heterocycles. The van der Waals surface area contributed by atoms with Gasteiger partial charge in [0.25, 0.3) is 0 Å². The van der Waals surface area contributed by atoms with Gasteiger partial charge >= 0.3 is 6.09 Å². The molecule has 2 atom stereocenters. The van der Waals surface area contributed by atoms with Gasteiger partial charge in [0.15, 0.2) is 0 Å². The Balaban J connectivity index is 1.36. The summed E-state index contributed by atoms with van der Waals surface area (Å²) in [6, 6.07) is 11.9. The molecule has 2 unspecified atom stereocenters. The topological polar surface area (TPSA) is 76.7 Å². The molecule has 0 saturated carbocycles. The molecular weight excluding hydrogens is 415 g/mol. The second-order valence-electron chi connectivity index (χ2n) is 6.73.